The molecule has 0 radical (unpaired) electrons. The van der Waals surface area contributed by atoms with Crippen molar-refractivity contribution >= 4 is 50.2 Å². The van der Waals surface area contributed by atoms with E-state index in [2.05, 4.69) is 24.4 Å². The van der Waals surface area contributed by atoms with Gasteiger partial charge in [-0.05, 0) is 50.6 Å². The molecule has 3 unspecified atom stereocenters. The van der Waals surface area contributed by atoms with Crippen LogP contribution in [0.4, 0.5) is 0 Å². The number of carbonyl (C=O) groups is 2. The van der Waals surface area contributed by atoms with Crippen LogP contribution in [0, 0.1) is 5.92 Å². The van der Waals surface area contributed by atoms with Crippen LogP contribution in [0.3, 0.4) is 0 Å². The topological polar surface area (TPSA) is 141 Å². The van der Waals surface area contributed by atoms with Crippen LogP contribution in [-0.2, 0) is 19.3 Å². The molecule has 1 rings (SSSR count). The molecule has 156 valence electrons. The van der Waals surface area contributed by atoms with Crippen LogP contribution in [0.5, 0.6) is 0 Å². The number of thiophene rings is 1. The molecule has 1 amide bonds. The highest BCUT2D eigenvalue weighted by Gasteiger charge is 2.19. The van der Waals surface area contributed by atoms with E-state index in [9.17, 15) is 13.8 Å². The normalized spacial score (nSPS) is 15.3. The third-order valence-electron chi connectivity index (χ3n) is 3.44. The third-order valence-corrected chi connectivity index (χ3v) is 6.90. The molecule has 10 heteroatoms. The lowest BCUT2D eigenvalue weighted by Gasteiger charge is -2.14. The first-order chi connectivity index (χ1) is 12.4. The summed E-state index contributed by atoms with van der Waals surface area (Å²) in [5.41, 5.74) is 16.4. The summed E-state index contributed by atoms with van der Waals surface area (Å²) in [6, 6.07) is 0.546. The molecule has 0 fully saturated rings. The molecule has 0 saturated heterocycles. The first kappa shape index (κ1) is 26.0. The van der Waals surface area contributed by atoms with Gasteiger partial charge in [0, 0.05) is 5.38 Å². The Morgan fingerprint density at radius 3 is 2.30 bits per heavy atom. The molecular formula is C17H31ClN4O3S2. The maximum absolute atomic E-state index is 12.2. The number of halogens is 1. The molecule has 7 nitrogen and oxygen atoms in total. The van der Waals surface area contributed by atoms with Crippen molar-refractivity contribution in [1.82, 2.24) is 4.72 Å². The quantitative estimate of drug-likeness (QED) is 0.430. The van der Waals surface area contributed by atoms with Crippen molar-refractivity contribution in [2.24, 2.45) is 23.1 Å². The van der Waals surface area contributed by atoms with Gasteiger partial charge in [-0.15, -0.1) is 11.3 Å². The minimum Gasteiger partial charge on any atom is -0.330 e. The zero-order chi connectivity index (χ0) is 21.2. The molecule has 0 bridgehead atoms. The fraction of sp³-hybridized carbons (Fsp3) is 0.588. The van der Waals surface area contributed by atoms with E-state index in [0.717, 1.165) is 6.42 Å². The molecule has 0 saturated carbocycles. The van der Waals surface area contributed by atoms with E-state index in [0.29, 0.717) is 34.5 Å². The maximum Gasteiger partial charge on any atom is 0.248 e. The summed E-state index contributed by atoms with van der Waals surface area (Å²) in [5, 5.41) is 2.09. The summed E-state index contributed by atoms with van der Waals surface area (Å²) in [5.74, 6) is 3.64. The summed E-state index contributed by atoms with van der Waals surface area (Å²) in [6.45, 7) is 6.11. The van der Waals surface area contributed by atoms with E-state index >= 15 is 0 Å². The Kier molecular flexibility index (Phi) is 12.0. The molecule has 3 atom stereocenters. The minimum atomic E-state index is -2.89. The fourth-order valence-electron chi connectivity index (χ4n) is 1.90. The Balaban J connectivity index is 0.000000636. The zero-order valence-corrected chi connectivity index (χ0v) is 18.5. The predicted molar refractivity (Wildman–Crippen MR) is 115 cm³/mol. The number of nitrogens with two attached hydrogens (primary N) is 3. The van der Waals surface area contributed by atoms with Crippen molar-refractivity contribution in [2.75, 3.05) is 6.54 Å². The second-order valence-electron chi connectivity index (χ2n) is 6.61. The van der Waals surface area contributed by atoms with Crippen molar-refractivity contribution in [1.29, 1.82) is 0 Å². The van der Waals surface area contributed by atoms with Crippen LogP contribution in [0.25, 0.3) is 0 Å². The van der Waals surface area contributed by atoms with Gasteiger partial charge in [0.25, 0.3) is 0 Å². The smallest absolute Gasteiger partial charge is 0.248 e. The first-order valence-corrected chi connectivity index (χ1v) is 11.5. The standard InChI is InChI=1S/C10H16ClN3O2S2.C7H15NO/c1-18(16,9-5-7(11)6-17-9)14-10(15)8(13)3-2-4-12;1-5(2)4-7(8)6(3)9/h5-6,8H,1-4,12-13H2,(H,14,15,16);5,7H,4,8H2,1-3H3. The average Bonchev–Trinajstić information content (AvgIpc) is 2.99. The maximum atomic E-state index is 12.2. The van der Waals surface area contributed by atoms with Crippen LogP contribution < -0.4 is 21.9 Å². The number of nitrogens with one attached hydrogen (secondary N) is 1. The van der Waals surface area contributed by atoms with Crippen molar-refractivity contribution < 1.29 is 13.8 Å². The monoisotopic (exact) mass is 438 g/mol. The Morgan fingerprint density at radius 2 is 1.93 bits per heavy atom. The molecule has 0 aliphatic carbocycles. The number of amides is 1. The van der Waals surface area contributed by atoms with Crippen LogP contribution in [0.1, 0.15) is 40.0 Å². The van der Waals surface area contributed by atoms with E-state index in [1.807, 2.05) is 0 Å². The molecule has 1 aromatic rings. The summed E-state index contributed by atoms with van der Waals surface area (Å²) in [4.78, 5) is 22.3. The number of hydrogen-bond acceptors (Lipinski definition) is 7. The molecule has 0 aliphatic heterocycles. The molecule has 0 aromatic carbocycles. The number of hydrogen-bond donors (Lipinski definition) is 4. The van der Waals surface area contributed by atoms with E-state index in [4.69, 9.17) is 28.8 Å². The van der Waals surface area contributed by atoms with Crippen LogP contribution >= 0.6 is 22.9 Å². The van der Waals surface area contributed by atoms with Crippen LogP contribution in [0.15, 0.2) is 15.7 Å². The fourth-order valence-corrected chi connectivity index (χ4v) is 4.55. The highest BCUT2D eigenvalue weighted by atomic mass is 35.5. The van der Waals surface area contributed by atoms with Gasteiger partial charge in [0.15, 0.2) is 0 Å². The van der Waals surface area contributed by atoms with E-state index in [1.165, 1.54) is 24.3 Å². The lowest BCUT2D eigenvalue weighted by Crippen LogP contribution is -2.43. The van der Waals surface area contributed by atoms with Crippen LogP contribution in [0.2, 0.25) is 5.02 Å². The molecular weight excluding hydrogens is 408 g/mol. The van der Waals surface area contributed by atoms with Crippen molar-refractivity contribution in [3.8, 4) is 0 Å². The first-order valence-electron chi connectivity index (χ1n) is 8.55. The average molecular weight is 439 g/mol. The highest BCUT2D eigenvalue weighted by Crippen LogP contribution is 2.23. The number of Topliss-reactive ketones (excluding diaryl/α,β-unsaturated/α-hetero) is 1. The Labute approximate surface area is 171 Å². The van der Waals surface area contributed by atoms with Gasteiger partial charge in [-0.3, -0.25) is 14.3 Å². The van der Waals surface area contributed by atoms with Gasteiger partial charge in [-0.2, -0.15) is 0 Å². The molecule has 27 heavy (non-hydrogen) atoms. The number of carbonyl (C=O) groups excluding carboxylic acids is 2. The number of rotatable bonds is 9. The van der Waals surface area contributed by atoms with E-state index in [1.54, 1.807) is 5.38 Å². The molecule has 1 aromatic heterocycles. The van der Waals surface area contributed by atoms with Crippen molar-refractivity contribution in [2.45, 2.75) is 56.3 Å². The molecule has 0 spiro atoms. The lowest BCUT2D eigenvalue weighted by atomic mass is 10.0. The largest absolute Gasteiger partial charge is 0.330 e. The number of ketones is 1. The van der Waals surface area contributed by atoms with Gasteiger partial charge in [-0.25, -0.2) is 4.21 Å². The summed E-state index contributed by atoms with van der Waals surface area (Å²) in [6.07, 6.45) is 1.89. The van der Waals surface area contributed by atoms with Gasteiger partial charge < -0.3 is 17.2 Å². The van der Waals surface area contributed by atoms with Crippen molar-refractivity contribution in [3.05, 3.63) is 16.5 Å². The van der Waals surface area contributed by atoms with Gasteiger partial charge >= 0.3 is 0 Å². The minimum absolute atomic E-state index is 0.0868. The predicted octanol–water partition coefficient (Wildman–Crippen LogP) is 1.52. The molecule has 7 N–H and O–H groups in total. The Morgan fingerprint density at radius 1 is 1.33 bits per heavy atom. The second kappa shape index (κ2) is 12.5. The van der Waals surface area contributed by atoms with Gasteiger partial charge in [0.2, 0.25) is 5.91 Å². The van der Waals surface area contributed by atoms with Crippen molar-refractivity contribution in [3.63, 3.8) is 0 Å². The molecule has 1 heterocycles. The summed E-state index contributed by atoms with van der Waals surface area (Å²) >= 11 is 6.92. The van der Waals surface area contributed by atoms with Gasteiger partial charge in [0.1, 0.15) is 9.99 Å². The van der Waals surface area contributed by atoms with E-state index < -0.39 is 21.7 Å². The zero-order valence-electron chi connectivity index (χ0n) is 16.1. The third kappa shape index (κ3) is 10.8. The van der Waals surface area contributed by atoms with Gasteiger partial charge in [0.05, 0.1) is 26.8 Å². The SMILES string of the molecule is C=S(=O)(NC(=O)C(N)CCCN)c1cc(Cl)cs1.CC(=O)C(N)CC(C)C. The molecule has 0 aliphatic rings. The summed E-state index contributed by atoms with van der Waals surface area (Å²) < 4.78 is 15.0. The second-order valence-corrected chi connectivity index (χ2v) is 10.2. The highest BCUT2D eigenvalue weighted by molar-refractivity contribution is 8.00. The van der Waals surface area contributed by atoms with E-state index in [-0.39, 0.29) is 11.8 Å². The Bertz CT molecular complexity index is 705. The van der Waals surface area contributed by atoms with Gasteiger partial charge in [-0.1, -0.05) is 25.4 Å². The Hall–Kier alpha value is -0.970. The van der Waals surface area contributed by atoms with Crippen LogP contribution in [-0.4, -0.2) is 40.4 Å². The summed E-state index contributed by atoms with van der Waals surface area (Å²) in [7, 11) is -2.89. The lowest BCUT2D eigenvalue weighted by molar-refractivity contribution is -0.120.